The Hall–Kier alpha value is -1.69. The molecule has 0 N–H and O–H groups in total. The van der Waals surface area contributed by atoms with Crippen LogP contribution in [0, 0.1) is 5.92 Å². The van der Waals surface area contributed by atoms with E-state index in [-0.39, 0.29) is 5.75 Å². The molecule has 5 rings (SSSR count). The number of fused-ring (bicyclic) bond motifs is 1. The molecule has 2 aromatic rings. The van der Waals surface area contributed by atoms with E-state index in [4.69, 9.17) is 4.74 Å². The highest BCUT2D eigenvalue weighted by Gasteiger charge is 2.34. The number of aryl methyl sites for hydroxylation is 2. The molecule has 1 heterocycles. The maximum Gasteiger partial charge on any atom is 0.150 e. The first-order valence-corrected chi connectivity index (χ1v) is 14.1. The van der Waals surface area contributed by atoms with E-state index in [0.717, 1.165) is 52.0 Å². The van der Waals surface area contributed by atoms with Gasteiger partial charge < -0.3 is 4.74 Å². The van der Waals surface area contributed by atoms with Gasteiger partial charge in [-0.05, 0) is 66.7 Å². The minimum Gasteiger partial charge on any atom is -0.379 e. The van der Waals surface area contributed by atoms with Crippen molar-refractivity contribution < 1.29 is 13.2 Å². The number of benzene rings is 2. The van der Waals surface area contributed by atoms with Gasteiger partial charge in [0.1, 0.15) is 0 Å². The molecule has 5 heteroatoms. The fraction of sp³-hybridized carbons (Fsp3) is 0.556. The predicted molar refractivity (Wildman–Crippen MR) is 129 cm³/mol. The van der Waals surface area contributed by atoms with Crippen molar-refractivity contribution in [2.45, 2.75) is 50.5 Å². The third-order valence-corrected chi connectivity index (χ3v) is 9.29. The van der Waals surface area contributed by atoms with Crippen LogP contribution in [-0.2, 0) is 33.8 Å². The minimum atomic E-state index is -2.95. The van der Waals surface area contributed by atoms with Crippen LogP contribution in [0.1, 0.15) is 47.4 Å². The van der Waals surface area contributed by atoms with Crippen LogP contribution in [-0.4, -0.2) is 57.2 Å². The van der Waals surface area contributed by atoms with Gasteiger partial charge in [-0.25, -0.2) is 8.42 Å². The molecule has 2 atom stereocenters. The molecule has 0 bridgehead atoms. The van der Waals surface area contributed by atoms with Gasteiger partial charge in [-0.15, -0.1) is 0 Å². The van der Waals surface area contributed by atoms with Gasteiger partial charge in [0.05, 0.1) is 24.7 Å². The zero-order valence-corrected chi connectivity index (χ0v) is 19.7. The Labute approximate surface area is 192 Å². The van der Waals surface area contributed by atoms with Crippen molar-refractivity contribution in [2.75, 3.05) is 37.8 Å². The Morgan fingerprint density at radius 3 is 2.47 bits per heavy atom. The van der Waals surface area contributed by atoms with Crippen LogP contribution in [0.5, 0.6) is 0 Å². The summed E-state index contributed by atoms with van der Waals surface area (Å²) >= 11 is 0. The van der Waals surface area contributed by atoms with E-state index >= 15 is 0 Å². The molecule has 172 valence electrons. The van der Waals surface area contributed by atoms with Crippen molar-refractivity contribution in [3.8, 4) is 0 Å². The van der Waals surface area contributed by atoms with Gasteiger partial charge in [-0.3, -0.25) is 4.90 Å². The lowest BCUT2D eigenvalue weighted by molar-refractivity contribution is 0.00683. The summed E-state index contributed by atoms with van der Waals surface area (Å²) < 4.78 is 30.6. The molecule has 0 amide bonds. The second kappa shape index (κ2) is 9.66. The maximum absolute atomic E-state index is 12.5. The SMILES string of the molecule is O=S(=O)(CCc1ccc2c(c1)C(Cc1ccccc1)C(N1CCOCC1)CC2)CC1CC1. The standard InChI is InChI=1S/C27H35NO3S/c29-32(30,20-23-6-7-23)17-12-22-8-9-24-10-11-27(28-13-15-31-16-14-28)26(25(24)18-22)19-21-4-2-1-3-5-21/h1-5,8-9,18,23,26-27H,6-7,10-17,19-20H2. The molecule has 32 heavy (non-hydrogen) atoms. The number of rotatable bonds is 8. The lowest BCUT2D eigenvalue weighted by Crippen LogP contribution is -2.48. The molecule has 0 aromatic heterocycles. The normalized spacial score (nSPS) is 24.2. The van der Waals surface area contributed by atoms with E-state index in [0.29, 0.717) is 30.1 Å². The summed E-state index contributed by atoms with van der Waals surface area (Å²) in [6.07, 6.45) is 6.11. The predicted octanol–water partition coefficient (Wildman–Crippen LogP) is 4.03. The van der Waals surface area contributed by atoms with Gasteiger partial charge >= 0.3 is 0 Å². The van der Waals surface area contributed by atoms with Crippen molar-refractivity contribution in [3.63, 3.8) is 0 Å². The number of morpholine rings is 1. The Balaban J connectivity index is 1.39. The second-order valence-electron chi connectivity index (χ2n) is 9.89. The van der Waals surface area contributed by atoms with E-state index in [9.17, 15) is 8.42 Å². The number of hydrogen-bond acceptors (Lipinski definition) is 4. The Morgan fingerprint density at radius 2 is 1.72 bits per heavy atom. The van der Waals surface area contributed by atoms with Crippen LogP contribution in [0.15, 0.2) is 48.5 Å². The number of nitrogens with zero attached hydrogens (tertiary/aromatic N) is 1. The molecular weight excluding hydrogens is 418 g/mol. The summed E-state index contributed by atoms with van der Waals surface area (Å²) in [6, 6.07) is 18.1. The molecule has 2 fully saturated rings. The van der Waals surface area contributed by atoms with Gasteiger partial charge in [-0.1, -0.05) is 48.5 Å². The fourth-order valence-electron chi connectivity index (χ4n) is 5.55. The van der Waals surface area contributed by atoms with Crippen LogP contribution >= 0.6 is 0 Å². The highest BCUT2D eigenvalue weighted by Crippen LogP contribution is 2.38. The number of sulfone groups is 1. The minimum absolute atomic E-state index is 0.276. The van der Waals surface area contributed by atoms with Crippen LogP contribution in [0.4, 0.5) is 0 Å². The second-order valence-corrected chi connectivity index (χ2v) is 12.1. The summed E-state index contributed by atoms with van der Waals surface area (Å²) in [5.41, 5.74) is 5.43. The number of ether oxygens (including phenoxy) is 1. The molecule has 0 spiro atoms. The molecule has 1 saturated carbocycles. The van der Waals surface area contributed by atoms with Crippen molar-refractivity contribution in [1.82, 2.24) is 4.90 Å². The summed E-state index contributed by atoms with van der Waals surface area (Å²) in [6.45, 7) is 3.65. The first-order chi connectivity index (χ1) is 15.6. The van der Waals surface area contributed by atoms with E-state index in [1.165, 1.54) is 28.7 Å². The van der Waals surface area contributed by atoms with Crippen molar-refractivity contribution >= 4 is 9.84 Å². The van der Waals surface area contributed by atoms with E-state index in [1.807, 2.05) is 0 Å². The first kappa shape index (κ1) is 22.1. The smallest absolute Gasteiger partial charge is 0.150 e. The van der Waals surface area contributed by atoms with Gasteiger partial charge in [-0.2, -0.15) is 0 Å². The zero-order valence-electron chi connectivity index (χ0n) is 18.9. The number of hydrogen-bond donors (Lipinski definition) is 0. The van der Waals surface area contributed by atoms with E-state index in [2.05, 4.69) is 53.4 Å². The van der Waals surface area contributed by atoms with Crippen molar-refractivity contribution in [3.05, 3.63) is 70.8 Å². The van der Waals surface area contributed by atoms with Crippen LogP contribution in [0.2, 0.25) is 0 Å². The molecule has 2 aliphatic carbocycles. The summed E-state index contributed by atoms with van der Waals surface area (Å²) in [5, 5.41) is 0. The highest BCUT2D eigenvalue weighted by atomic mass is 32.2. The van der Waals surface area contributed by atoms with Crippen LogP contribution in [0.3, 0.4) is 0 Å². The van der Waals surface area contributed by atoms with E-state index in [1.54, 1.807) is 0 Å². The molecular formula is C27H35NO3S. The lowest BCUT2D eigenvalue weighted by Gasteiger charge is -2.43. The fourth-order valence-corrected chi connectivity index (χ4v) is 7.31. The van der Waals surface area contributed by atoms with Crippen molar-refractivity contribution in [2.24, 2.45) is 5.92 Å². The van der Waals surface area contributed by atoms with Crippen LogP contribution in [0.25, 0.3) is 0 Å². The lowest BCUT2D eigenvalue weighted by atomic mass is 9.75. The topological polar surface area (TPSA) is 46.6 Å². The Morgan fingerprint density at radius 1 is 0.938 bits per heavy atom. The first-order valence-electron chi connectivity index (χ1n) is 12.3. The third kappa shape index (κ3) is 5.44. The summed E-state index contributed by atoms with van der Waals surface area (Å²) in [5.74, 6) is 1.52. The quantitative estimate of drug-likeness (QED) is 0.606. The molecule has 1 saturated heterocycles. The zero-order chi connectivity index (χ0) is 22.0. The van der Waals surface area contributed by atoms with Gasteiger partial charge in [0.25, 0.3) is 0 Å². The molecule has 2 aromatic carbocycles. The molecule has 4 nitrogen and oxygen atoms in total. The van der Waals surface area contributed by atoms with Crippen molar-refractivity contribution in [1.29, 1.82) is 0 Å². The molecule has 2 unspecified atom stereocenters. The summed E-state index contributed by atoms with van der Waals surface area (Å²) in [7, 11) is -2.95. The Kier molecular flexibility index (Phi) is 6.68. The average molecular weight is 454 g/mol. The van der Waals surface area contributed by atoms with Gasteiger partial charge in [0.15, 0.2) is 9.84 Å². The van der Waals surface area contributed by atoms with Gasteiger partial charge in [0.2, 0.25) is 0 Å². The molecule has 3 aliphatic rings. The van der Waals surface area contributed by atoms with Gasteiger partial charge in [0, 0.05) is 25.0 Å². The maximum atomic E-state index is 12.5. The average Bonchev–Trinajstić information content (AvgIpc) is 3.62. The summed E-state index contributed by atoms with van der Waals surface area (Å²) in [4.78, 5) is 2.63. The third-order valence-electron chi connectivity index (χ3n) is 7.49. The Bertz CT molecular complexity index is 1010. The highest BCUT2D eigenvalue weighted by molar-refractivity contribution is 7.91. The molecule has 0 radical (unpaired) electrons. The van der Waals surface area contributed by atoms with E-state index < -0.39 is 9.84 Å². The molecule has 1 aliphatic heterocycles. The largest absolute Gasteiger partial charge is 0.379 e. The monoisotopic (exact) mass is 453 g/mol. The van der Waals surface area contributed by atoms with Crippen LogP contribution < -0.4 is 0 Å².